The minimum absolute atomic E-state index is 0.0977. The van der Waals surface area contributed by atoms with Crippen molar-refractivity contribution in [1.29, 1.82) is 0 Å². The predicted octanol–water partition coefficient (Wildman–Crippen LogP) is 7.76. The zero-order valence-electron chi connectivity index (χ0n) is 22.3. The maximum atomic E-state index is 14.2. The number of aryl methyl sites for hydroxylation is 1. The van der Waals surface area contributed by atoms with Crippen LogP contribution in [0.5, 0.6) is 0 Å². The maximum absolute atomic E-state index is 14.2. The minimum atomic E-state index is -0.563. The molecule has 4 aromatic carbocycles. The van der Waals surface area contributed by atoms with E-state index in [0.29, 0.717) is 33.4 Å². The van der Waals surface area contributed by atoms with Crippen molar-refractivity contribution in [1.82, 2.24) is 9.78 Å². The average molecular weight is 560 g/mol. The van der Waals surface area contributed by atoms with Gasteiger partial charge in [0.2, 0.25) is 11.7 Å². The van der Waals surface area contributed by atoms with E-state index in [9.17, 15) is 18.4 Å². The summed E-state index contributed by atoms with van der Waals surface area (Å²) in [5.74, 6) is -2.08. The maximum Gasteiger partial charge on any atom is 0.248 e. The summed E-state index contributed by atoms with van der Waals surface area (Å²) in [4.78, 5) is 26.6. The standard InChI is InChI=1S/C34H23F2N3O3/c1-21-11-12-23(19-28(21)36)33(41)34-32(27-9-5-6-10-29(27)42-34)37-30(40)18-15-24-20-39(26-7-3-2-4-8-26)38-31(24)22-13-16-25(35)17-14-22/h2-20H,1H3,(H,37,40)/b18-15+. The lowest BCUT2D eigenvalue weighted by molar-refractivity contribution is -0.111. The monoisotopic (exact) mass is 559 g/mol. The molecule has 0 radical (unpaired) electrons. The van der Waals surface area contributed by atoms with Crippen molar-refractivity contribution in [2.45, 2.75) is 6.92 Å². The number of rotatable bonds is 7. The number of para-hydroxylation sites is 2. The number of aromatic nitrogens is 2. The molecule has 0 aliphatic rings. The number of carbonyl (C=O) groups is 2. The molecule has 0 saturated carbocycles. The van der Waals surface area contributed by atoms with E-state index in [-0.39, 0.29) is 22.8 Å². The van der Waals surface area contributed by atoms with Gasteiger partial charge < -0.3 is 9.73 Å². The van der Waals surface area contributed by atoms with Gasteiger partial charge in [0.05, 0.1) is 17.1 Å². The van der Waals surface area contributed by atoms with Crippen LogP contribution in [0.25, 0.3) is 34.0 Å². The van der Waals surface area contributed by atoms with Crippen LogP contribution in [0.15, 0.2) is 114 Å². The summed E-state index contributed by atoms with van der Waals surface area (Å²) in [7, 11) is 0. The Bertz CT molecular complexity index is 1970. The van der Waals surface area contributed by atoms with Crippen molar-refractivity contribution in [2.75, 3.05) is 5.32 Å². The number of furan rings is 1. The Labute approximate surface area is 239 Å². The molecule has 0 bridgehead atoms. The van der Waals surface area contributed by atoms with Gasteiger partial charge in [-0.25, -0.2) is 13.5 Å². The van der Waals surface area contributed by atoms with Gasteiger partial charge in [0.1, 0.15) is 17.2 Å². The number of amides is 1. The second-order valence-corrected chi connectivity index (χ2v) is 9.64. The van der Waals surface area contributed by atoms with Crippen LogP contribution in [0.3, 0.4) is 0 Å². The number of hydrogen-bond acceptors (Lipinski definition) is 4. The van der Waals surface area contributed by atoms with Crippen LogP contribution in [-0.2, 0) is 4.79 Å². The number of anilines is 1. The Morgan fingerprint density at radius 1 is 0.905 bits per heavy atom. The highest BCUT2D eigenvalue weighted by Gasteiger charge is 2.23. The number of nitrogens with zero attached hydrogens (tertiary/aromatic N) is 2. The van der Waals surface area contributed by atoms with Gasteiger partial charge in [0, 0.05) is 34.3 Å². The predicted molar refractivity (Wildman–Crippen MR) is 157 cm³/mol. The molecule has 1 amide bonds. The van der Waals surface area contributed by atoms with Gasteiger partial charge in [-0.05, 0) is 73.2 Å². The van der Waals surface area contributed by atoms with Gasteiger partial charge in [0.15, 0.2) is 5.76 Å². The minimum Gasteiger partial charge on any atom is -0.450 e. The summed E-state index contributed by atoms with van der Waals surface area (Å²) in [5, 5.41) is 7.98. The fourth-order valence-corrected chi connectivity index (χ4v) is 4.58. The third-order valence-electron chi connectivity index (χ3n) is 6.78. The van der Waals surface area contributed by atoms with Crippen LogP contribution in [0.2, 0.25) is 0 Å². The molecule has 206 valence electrons. The Balaban J connectivity index is 1.34. The van der Waals surface area contributed by atoms with E-state index >= 15 is 0 Å². The lowest BCUT2D eigenvalue weighted by atomic mass is 10.0. The van der Waals surface area contributed by atoms with Crippen molar-refractivity contribution >= 4 is 34.4 Å². The van der Waals surface area contributed by atoms with Crippen molar-refractivity contribution < 1.29 is 22.8 Å². The zero-order chi connectivity index (χ0) is 29.2. The highest BCUT2D eigenvalue weighted by atomic mass is 19.1. The van der Waals surface area contributed by atoms with E-state index < -0.39 is 17.5 Å². The van der Waals surface area contributed by atoms with Crippen LogP contribution in [0, 0.1) is 18.6 Å². The fraction of sp³-hybridized carbons (Fsp3) is 0.0294. The van der Waals surface area contributed by atoms with E-state index in [0.717, 1.165) is 11.8 Å². The third-order valence-corrected chi connectivity index (χ3v) is 6.78. The molecule has 0 aliphatic carbocycles. The summed E-state index contributed by atoms with van der Waals surface area (Å²) in [6.45, 7) is 1.60. The second-order valence-electron chi connectivity index (χ2n) is 9.64. The van der Waals surface area contributed by atoms with Crippen LogP contribution in [0.1, 0.15) is 27.2 Å². The Morgan fingerprint density at radius 2 is 1.64 bits per heavy atom. The van der Waals surface area contributed by atoms with Gasteiger partial charge in [0.25, 0.3) is 0 Å². The van der Waals surface area contributed by atoms with E-state index in [1.165, 1.54) is 30.3 Å². The molecule has 6 rings (SSSR count). The first-order valence-electron chi connectivity index (χ1n) is 13.1. The highest BCUT2D eigenvalue weighted by molar-refractivity contribution is 6.18. The van der Waals surface area contributed by atoms with Gasteiger partial charge in [-0.1, -0.05) is 42.5 Å². The molecule has 0 aliphatic heterocycles. The molecule has 6 aromatic rings. The molecular formula is C34H23F2N3O3. The first-order chi connectivity index (χ1) is 20.4. The summed E-state index contributed by atoms with van der Waals surface area (Å²) in [5.41, 5.74) is 3.74. The number of ketones is 1. The number of nitrogens with one attached hydrogen (secondary N) is 1. The van der Waals surface area contributed by atoms with E-state index in [1.807, 2.05) is 30.3 Å². The second kappa shape index (κ2) is 11.1. The first kappa shape index (κ1) is 26.6. The Kier molecular flexibility index (Phi) is 7.02. The van der Waals surface area contributed by atoms with Gasteiger partial charge in [-0.3, -0.25) is 9.59 Å². The molecule has 0 saturated heterocycles. The SMILES string of the molecule is Cc1ccc(C(=O)c2oc3ccccc3c2NC(=O)/C=C/c2cn(-c3ccccc3)nc2-c2ccc(F)cc2)cc1F. The van der Waals surface area contributed by atoms with E-state index in [2.05, 4.69) is 10.4 Å². The normalized spacial score (nSPS) is 11.3. The van der Waals surface area contributed by atoms with Crippen LogP contribution in [0.4, 0.5) is 14.5 Å². The third kappa shape index (κ3) is 5.25. The number of halogens is 2. The smallest absolute Gasteiger partial charge is 0.248 e. The summed E-state index contributed by atoms with van der Waals surface area (Å²) >= 11 is 0. The molecule has 1 N–H and O–H groups in total. The quantitative estimate of drug-likeness (QED) is 0.160. The van der Waals surface area contributed by atoms with Crippen molar-refractivity contribution in [3.05, 3.63) is 143 Å². The van der Waals surface area contributed by atoms with Crippen LogP contribution in [-0.4, -0.2) is 21.5 Å². The number of fused-ring (bicyclic) bond motifs is 1. The molecule has 0 spiro atoms. The molecule has 2 heterocycles. The lowest BCUT2D eigenvalue weighted by Gasteiger charge is -2.05. The summed E-state index contributed by atoms with van der Waals surface area (Å²) < 4.78 is 35.4. The molecule has 0 unspecified atom stereocenters. The largest absolute Gasteiger partial charge is 0.450 e. The fourth-order valence-electron chi connectivity index (χ4n) is 4.58. The summed E-state index contributed by atoms with van der Waals surface area (Å²) in [6.07, 6.45) is 4.69. The lowest BCUT2D eigenvalue weighted by Crippen LogP contribution is -2.11. The van der Waals surface area contributed by atoms with Crippen molar-refractivity contribution in [3.8, 4) is 16.9 Å². The number of carbonyl (C=O) groups excluding carboxylic acids is 2. The number of benzene rings is 4. The summed E-state index contributed by atoms with van der Waals surface area (Å²) in [6, 6.07) is 26.5. The van der Waals surface area contributed by atoms with Gasteiger partial charge in [-0.15, -0.1) is 0 Å². The molecule has 8 heteroatoms. The van der Waals surface area contributed by atoms with Gasteiger partial charge >= 0.3 is 0 Å². The molecule has 42 heavy (non-hydrogen) atoms. The van der Waals surface area contributed by atoms with E-state index in [4.69, 9.17) is 4.42 Å². The zero-order valence-corrected chi connectivity index (χ0v) is 22.3. The Morgan fingerprint density at radius 3 is 2.40 bits per heavy atom. The molecule has 0 atom stereocenters. The molecular weight excluding hydrogens is 536 g/mol. The van der Waals surface area contributed by atoms with E-state index in [1.54, 1.807) is 60.3 Å². The molecule has 6 nitrogen and oxygen atoms in total. The Hall–Kier alpha value is -5.63. The first-order valence-corrected chi connectivity index (χ1v) is 13.1. The van der Waals surface area contributed by atoms with Gasteiger partial charge in [-0.2, -0.15) is 5.10 Å². The molecule has 0 fully saturated rings. The highest BCUT2D eigenvalue weighted by Crippen LogP contribution is 2.33. The van der Waals surface area contributed by atoms with Crippen LogP contribution < -0.4 is 5.32 Å². The topological polar surface area (TPSA) is 77.1 Å². The van der Waals surface area contributed by atoms with Crippen LogP contribution >= 0.6 is 0 Å². The van der Waals surface area contributed by atoms with Crippen molar-refractivity contribution in [3.63, 3.8) is 0 Å². The molecule has 2 aromatic heterocycles. The average Bonchev–Trinajstić information content (AvgIpc) is 3.60. The number of hydrogen-bond donors (Lipinski definition) is 1. The van der Waals surface area contributed by atoms with Crippen molar-refractivity contribution in [2.24, 2.45) is 0 Å².